The fourth-order valence-electron chi connectivity index (χ4n) is 1.74. The molecule has 20 heavy (non-hydrogen) atoms. The average Bonchev–Trinajstić information content (AvgIpc) is 2.38. The summed E-state index contributed by atoms with van der Waals surface area (Å²) in [6.45, 7) is 4.61. The molecule has 0 atom stereocenters. The van der Waals surface area contributed by atoms with Crippen LogP contribution in [-0.2, 0) is 10.0 Å². The van der Waals surface area contributed by atoms with E-state index in [2.05, 4.69) is 0 Å². The molecular formula is C12H15N3O4S. The summed E-state index contributed by atoms with van der Waals surface area (Å²) in [5.74, 6) is 0. The molecule has 0 saturated carbocycles. The molecule has 0 radical (unpaired) electrons. The van der Waals surface area contributed by atoms with E-state index in [9.17, 15) is 18.5 Å². The predicted molar refractivity (Wildman–Crippen MR) is 72.6 cm³/mol. The van der Waals surface area contributed by atoms with E-state index in [1.54, 1.807) is 26.8 Å². The molecule has 0 fully saturated rings. The van der Waals surface area contributed by atoms with Crippen molar-refractivity contribution in [2.24, 2.45) is 0 Å². The lowest BCUT2D eigenvalue weighted by Gasteiger charge is -2.17. The molecule has 0 aliphatic carbocycles. The van der Waals surface area contributed by atoms with Crippen molar-refractivity contribution in [3.05, 3.63) is 33.4 Å². The molecule has 7 nitrogen and oxygen atoms in total. The lowest BCUT2D eigenvalue weighted by molar-refractivity contribution is -0.385. The van der Waals surface area contributed by atoms with Gasteiger partial charge in [0, 0.05) is 18.2 Å². The molecule has 0 saturated heterocycles. The monoisotopic (exact) mass is 297 g/mol. The van der Waals surface area contributed by atoms with E-state index in [-0.39, 0.29) is 23.7 Å². The first-order valence-corrected chi connectivity index (χ1v) is 7.32. The maximum absolute atomic E-state index is 12.3. The summed E-state index contributed by atoms with van der Waals surface area (Å²) in [7, 11) is -3.90. The minimum absolute atomic E-state index is 0.122. The minimum atomic E-state index is -3.90. The Morgan fingerprint density at radius 1 is 1.40 bits per heavy atom. The Morgan fingerprint density at radius 2 is 2.00 bits per heavy atom. The van der Waals surface area contributed by atoms with Gasteiger partial charge in [-0.05, 0) is 25.5 Å². The molecule has 0 aromatic heterocycles. The molecule has 1 aromatic carbocycles. The number of nitro groups is 1. The Kier molecular flexibility index (Phi) is 4.81. The molecule has 1 aromatic rings. The van der Waals surface area contributed by atoms with Gasteiger partial charge in [-0.15, -0.1) is 0 Å². The van der Waals surface area contributed by atoms with Crippen molar-refractivity contribution in [3.63, 3.8) is 0 Å². The number of nitriles is 1. The molecule has 0 amide bonds. The van der Waals surface area contributed by atoms with Gasteiger partial charge in [0.05, 0.1) is 15.9 Å². The van der Waals surface area contributed by atoms with Gasteiger partial charge in [0.15, 0.2) is 0 Å². The predicted octanol–water partition coefficient (Wildman–Crippen LogP) is 1.75. The first-order chi connectivity index (χ1) is 9.25. The maximum Gasteiger partial charge on any atom is 0.273 e. The van der Waals surface area contributed by atoms with Crippen LogP contribution in [0.25, 0.3) is 0 Å². The van der Waals surface area contributed by atoms with Crippen LogP contribution in [0.2, 0.25) is 0 Å². The van der Waals surface area contributed by atoms with E-state index in [0.29, 0.717) is 11.1 Å². The Bertz CT molecular complexity index is 677. The average molecular weight is 297 g/mol. The van der Waals surface area contributed by atoms with Crippen molar-refractivity contribution < 1.29 is 13.3 Å². The summed E-state index contributed by atoms with van der Waals surface area (Å²) >= 11 is 0. The summed E-state index contributed by atoms with van der Waals surface area (Å²) < 4.78 is 25.7. The van der Waals surface area contributed by atoms with Gasteiger partial charge in [-0.1, -0.05) is 6.92 Å². The van der Waals surface area contributed by atoms with E-state index in [1.165, 1.54) is 6.07 Å². The van der Waals surface area contributed by atoms with Crippen molar-refractivity contribution >= 4 is 15.7 Å². The molecular weight excluding hydrogens is 282 g/mol. The smallest absolute Gasteiger partial charge is 0.258 e. The number of hydrogen-bond acceptors (Lipinski definition) is 5. The standard InChI is InChI=1S/C12H15N3O4S/c1-4-14(6-5-13)20(18,19)11-7-9(2)10(3)12(8-11)15(16)17/h7-8H,4,6H2,1-3H3. The van der Waals surface area contributed by atoms with Gasteiger partial charge in [-0.2, -0.15) is 9.57 Å². The van der Waals surface area contributed by atoms with Gasteiger partial charge in [0.2, 0.25) is 10.0 Å². The molecule has 0 aliphatic rings. The van der Waals surface area contributed by atoms with Crippen LogP contribution < -0.4 is 0 Å². The topological polar surface area (TPSA) is 104 Å². The zero-order chi connectivity index (χ0) is 15.5. The lowest BCUT2D eigenvalue weighted by Crippen LogP contribution is -2.31. The first kappa shape index (κ1) is 16.1. The Hall–Kier alpha value is -1.98. The summed E-state index contributed by atoms with van der Waals surface area (Å²) in [5.41, 5.74) is 0.708. The van der Waals surface area contributed by atoms with Gasteiger partial charge in [0.1, 0.15) is 6.54 Å². The second-order valence-corrected chi connectivity index (χ2v) is 6.17. The summed E-state index contributed by atoms with van der Waals surface area (Å²) in [6.07, 6.45) is 0. The van der Waals surface area contributed by atoms with E-state index in [1.807, 2.05) is 0 Å². The van der Waals surface area contributed by atoms with Crippen molar-refractivity contribution in [1.29, 1.82) is 5.26 Å². The number of sulfonamides is 1. The highest BCUT2D eigenvalue weighted by molar-refractivity contribution is 7.89. The van der Waals surface area contributed by atoms with Crippen LogP contribution in [-0.4, -0.2) is 30.7 Å². The number of nitro benzene ring substituents is 1. The maximum atomic E-state index is 12.3. The minimum Gasteiger partial charge on any atom is -0.258 e. The van der Waals surface area contributed by atoms with Gasteiger partial charge in [0.25, 0.3) is 5.69 Å². The van der Waals surface area contributed by atoms with Crippen LogP contribution in [0.1, 0.15) is 18.1 Å². The number of benzene rings is 1. The fraction of sp³-hybridized carbons (Fsp3) is 0.417. The third kappa shape index (κ3) is 2.95. The molecule has 8 heteroatoms. The SMILES string of the molecule is CCN(CC#N)S(=O)(=O)c1cc(C)c(C)c([N+](=O)[O-])c1. The number of hydrogen-bond donors (Lipinski definition) is 0. The van der Waals surface area contributed by atoms with Crippen molar-refractivity contribution in [1.82, 2.24) is 4.31 Å². The third-order valence-corrected chi connectivity index (χ3v) is 4.95. The fourth-order valence-corrected chi connectivity index (χ4v) is 3.19. The normalized spacial score (nSPS) is 11.3. The van der Waals surface area contributed by atoms with Crippen LogP contribution in [0.15, 0.2) is 17.0 Å². The highest BCUT2D eigenvalue weighted by Crippen LogP contribution is 2.27. The van der Waals surface area contributed by atoms with E-state index < -0.39 is 14.9 Å². The summed E-state index contributed by atoms with van der Waals surface area (Å²) in [5, 5.41) is 19.6. The molecule has 108 valence electrons. The molecule has 0 heterocycles. The quantitative estimate of drug-likeness (QED) is 0.467. The zero-order valence-electron chi connectivity index (χ0n) is 11.5. The van der Waals surface area contributed by atoms with E-state index in [4.69, 9.17) is 5.26 Å². The van der Waals surface area contributed by atoms with Crippen LogP contribution >= 0.6 is 0 Å². The van der Waals surface area contributed by atoms with E-state index >= 15 is 0 Å². The second-order valence-electron chi connectivity index (χ2n) is 4.23. The van der Waals surface area contributed by atoms with Gasteiger partial charge < -0.3 is 0 Å². The van der Waals surface area contributed by atoms with Crippen molar-refractivity contribution in [2.75, 3.05) is 13.1 Å². The van der Waals surface area contributed by atoms with Crippen LogP contribution in [0.3, 0.4) is 0 Å². The number of rotatable bonds is 5. The lowest BCUT2D eigenvalue weighted by atomic mass is 10.1. The largest absolute Gasteiger partial charge is 0.273 e. The van der Waals surface area contributed by atoms with Gasteiger partial charge >= 0.3 is 0 Å². The van der Waals surface area contributed by atoms with Crippen molar-refractivity contribution in [2.45, 2.75) is 25.7 Å². The van der Waals surface area contributed by atoms with Gasteiger partial charge in [-0.3, -0.25) is 10.1 Å². The Labute approximate surface area is 117 Å². The number of aryl methyl sites for hydroxylation is 1. The summed E-state index contributed by atoms with van der Waals surface area (Å²) in [4.78, 5) is 10.2. The molecule has 0 unspecified atom stereocenters. The molecule has 0 bridgehead atoms. The third-order valence-electron chi connectivity index (χ3n) is 3.05. The Balaban J connectivity index is 3.47. The zero-order valence-corrected chi connectivity index (χ0v) is 12.3. The highest BCUT2D eigenvalue weighted by atomic mass is 32.2. The second kappa shape index (κ2) is 5.98. The first-order valence-electron chi connectivity index (χ1n) is 5.88. The van der Waals surface area contributed by atoms with Crippen molar-refractivity contribution in [3.8, 4) is 6.07 Å². The highest BCUT2D eigenvalue weighted by Gasteiger charge is 2.26. The molecule has 0 spiro atoms. The van der Waals surface area contributed by atoms with E-state index in [0.717, 1.165) is 10.4 Å². The van der Waals surface area contributed by atoms with Gasteiger partial charge in [-0.25, -0.2) is 8.42 Å². The molecule has 0 aliphatic heterocycles. The Morgan fingerprint density at radius 3 is 2.45 bits per heavy atom. The number of nitrogens with zero attached hydrogens (tertiary/aromatic N) is 3. The van der Waals surface area contributed by atoms with Crippen LogP contribution in [0, 0.1) is 35.3 Å². The van der Waals surface area contributed by atoms with Crippen LogP contribution in [0.5, 0.6) is 0 Å². The molecule has 0 N–H and O–H groups in total. The van der Waals surface area contributed by atoms with Crippen LogP contribution in [0.4, 0.5) is 5.69 Å². The molecule has 1 rings (SSSR count). The summed E-state index contributed by atoms with van der Waals surface area (Å²) in [6, 6.07) is 4.20.